The highest BCUT2D eigenvalue weighted by Crippen LogP contribution is 2.38. The summed E-state index contributed by atoms with van der Waals surface area (Å²) in [5.41, 5.74) is 1.61. The van der Waals surface area contributed by atoms with E-state index in [-0.39, 0.29) is 0 Å². The first-order valence-corrected chi connectivity index (χ1v) is 11.0. The molecule has 0 aromatic rings. The van der Waals surface area contributed by atoms with Crippen LogP contribution < -0.4 is 0 Å². The van der Waals surface area contributed by atoms with E-state index >= 15 is 0 Å². The average molecular weight is 267 g/mol. The number of unbranched alkanes of at least 4 members (excludes halogenated alkanes) is 3. The summed E-state index contributed by atoms with van der Waals surface area (Å²) in [6, 6.07) is 0. The Balaban J connectivity index is 1.92. The van der Waals surface area contributed by atoms with E-state index in [9.17, 15) is 0 Å². The van der Waals surface area contributed by atoms with Crippen molar-refractivity contribution in [2.45, 2.75) is 65.1 Å². The molecule has 0 aliphatic heterocycles. The molecule has 0 bridgehead atoms. The largest absolute Gasteiger partial charge is 0.377 e. The first-order chi connectivity index (χ1) is 8.55. The monoisotopic (exact) mass is 266 g/mol. The molecule has 0 spiro atoms. The number of allylic oxidation sites excluding steroid dienone is 3. The summed E-state index contributed by atoms with van der Waals surface area (Å²) in [6.45, 7) is 11.3. The van der Waals surface area contributed by atoms with E-state index in [1.165, 1.54) is 32.1 Å². The van der Waals surface area contributed by atoms with Gasteiger partial charge in [-0.2, -0.15) is 0 Å². The second-order valence-corrected chi connectivity index (χ2v) is 11.4. The van der Waals surface area contributed by atoms with E-state index in [0.29, 0.717) is 0 Å². The molecule has 0 fully saturated rings. The minimum absolute atomic E-state index is 0.912. The number of hydrogen-bond acceptors (Lipinski definition) is 1. The zero-order valence-electron chi connectivity index (χ0n) is 12.7. The Morgan fingerprint density at radius 3 is 2.50 bits per heavy atom. The quantitative estimate of drug-likeness (QED) is 0.303. The summed E-state index contributed by atoms with van der Waals surface area (Å²) in [6.07, 6.45) is 12.1. The van der Waals surface area contributed by atoms with Gasteiger partial charge in [0.25, 0.3) is 0 Å². The van der Waals surface area contributed by atoms with Gasteiger partial charge < -0.3 is 4.74 Å². The van der Waals surface area contributed by atoms with Gasteiger partial charge in [-0.3, -0.25) is 0 Å². The van der Waals surface area contributed by atoms with Crippen LogP contribution in [0.2, 0.25) is 19.6 Å². The number of ether oxygens (including phenoxy) is 1. The van der Waals surface area contributed by atoms with E-state index in [1.807, 2.05) is 0 Å². The molecule has 0 radical (unpaired) electrons. The van der Waals surface area contributed by atoms with Crippen molar-refractivity contribution in [2.75, 3.05) is 13.2 Å². The Hall–Kier alpha value is -0.343. The highest BCUT2D eigenvalue weighted by molar-refractivity contribution is 6.84. The zero-order chi connectivity index (χ0) is 13.4. The van der Waals surface area contributed by atoms with Crippen molar-refractivity contribution in [1.29, 1.82) is 0 Å². The van der Waals surface area contributed by atoms with Gasteiger partial charge in [0.05, 0.1) is 14.7 Å². The maximum absolute atomic E-state index is 5.76. The minimum atomic E-state index is -0.989. The van der Waals surface area contributed by atoms with Gasteiger partial charge >= 0.3 is 0 Å². The van der Waals surface area contributed by atoms with Crippen molar-refractivity contribution >= 4 is 8.07 Å². The van der Waals surface area contributed by atoms with E-state index in [4.69, 9.17) is 4.74 Å². The molecule has 1 aliphatic carbocycles. The second kappa shape index (κ2) is 7.95. The lowest BCUT2D eigenvalue weighted by molar-refractivity contribution is 0.153. The molecule has 0 saturated carbocycles. The van der Waals surface area contributed by atoms with Crippen molar-refractivity contribution in [1.82, 2.24) is 0 Å². The Bertz CT molecular complexity index is 297. The molecule has 0 N–H and O–H groups in total. The Kier molecular flexibility index (Phi) is 6.94. The summed E-state index contributed by atoms with van der Waals surface area (Å²) in [4.78, 5) is 0. The predicted octanol–water partition coefficient (Wildman–Crippen LogP) is 5.11. The van der Waals surface area contributed by atoms with Crippen molar-refractivity contribution in [3.63, 3.8) is 0 Å². The molecular formula is C16H30OSi. The minimum Gasteiger partial charge on any atom is -0.377 e. The summed E-state index contributed by atoms with van der Waals surface area (Å²) in [7, 11) is -0.989. The van der Waals surface area contributed by atoms with Crippen LogP contribution in [0, 0.1) is 0 Å². The molecule has 0 aromatic heterocycles. The molecule has 0 unspecified atom stereocenters. The molecule has 1 rings (SSSR count). The van der Waals surface area contributed by atoms with Crippen LogP contribution in [0.4, 0.5) is 0 Å². The summed E-state index contributed by atoms with van der Waals surface area (Å²) < 4.78 is 5.76. The van der Waals surface area contributed by atoms with Crippen LogP contribution in [0.5, 0.6) is 0 Å². The molecule has 0 aromatic carbocycles. The van der Waals surface area contributed by atoms with Gasteiger partial charge in [0, 0.05) is 6.61 Å². The molecule has 0 heterocycles. The molecule has 1 nitrogen and oxygen atoms in total. The Morgan fingerprint density at radius 1 is 1.11 bits per heavy atom. The topological polar surface area (TPSA) is 9.23 Å². The fourth-order valence-corrected chi connectivity index (χ4v) is 4.10. The van der Waals surface area contributed by atoms with E-state index in [1.54, 1.807) is 10.8 Å². The van der Waals surface area contributed by atoms with Gasteiger partial charge in [-0.1, -0.05) is 50.3 Å². The summed E-state index contributed by atoms with van der Waals surface area (Å²) in [5, 5.41) is 1.76. The fourth-order valence-electron chi connectivity index (χ4n) is 2.23. The van der Waals surface area contributed by atoms with Crippen LogP contribution in [0.15, 0.2) is 22.9 Å². The third kappa shape index (κ3) is 6.55. The predicted molar refractivity (Wildman–Crippen MR) is 83.7 cm³/mol. The maximum Gasteiger partial charge on any atom is 0.0729 e. The van der Waals surface area contributed by atoms with Gasteiger partial charge in [-0.25, -0.2) is 0 Å². The molecule has 2 heteroatoms. The average Bonchev–Trinajstić information content (AvgIpc) is 3.06. The maximum atomic E-state index is 5.76. The molecule has 18 heavy (non-hydrogen) atoms. The molecule has 104 valence electrons. The van der Waals surface area contributed by atoms with Crippen LogP contribution in [0.3, 0.4) is 0 Å². The van der Waals surface area contributed by atoms with E-state index < -0.39 is 8.07 Å². The Morgan fingerprint density at radius 2 is 1.89 bits per heavy atom. The van der Waals surface area contributed by atoms with Crippen LogP contribution in [0.1, 0.15) is 45.4 Å². The van der Waals surface area contributed by atoms with Crippen molar-refractivity contribution in [2.24, 2.45) is 0 Å². The summed E-state index contributed by atoms with van der Waals surface area (Å²) >= 11 is 0. The number of hydrogen-bond donors (Lipinski definition) is 0. The molecule has 0 amide bonds. The van der Waals surface area contributed by atoms with Crippen LogP contribution in [-0.4, -0.2) is 21.3 Å². The van der Waals surface area contributed by atoms with Crippen molar-refractivity contribution in [3.05, 3.63) is 22.9 Å². The van der Waals surface area contributed by atoms with Crippen molar-refractivity contribution < 1.29 is 4.74 Å². The normalized spacial score (nSPS) is 15.8. The molecule has 1 aliphatic rings. The first-order valence-electron chi connectivity index (χ1n) is 7.49. The van der Waals surface area contributed by atoms with Crippen LogP contribution >= 0.6 is 0 Å². The van der Waals surface area contributed by atoms with Gasteiger partial charge in [0.1, 0.15) is 0 Å². The standard InChI is InChI=1S/C16H30OSi/c1-5-6-7-8-9-10-11-12-17-14-15-13-16(15)18(2,3)4/h6-7H,5,8-14H2,1-4H3/b7-6+. The summed E-state index contributed by atoms with van der Waals surface area (Å²) in [5.74, 6) is 0. The first kappa shape index (κ1) is 15.7. The molecule has 0 atom stereocenters. The van der Waals surface area contributed by atoms with Gasteiger partial charge in [0.2, 0.25) is 0 Å². The smallest absolute Gasteiger partial charge is 0.0729 e. The Labute approximate surface area is 114 Å². The van der Waals surface area contributed by atoms with Gasteiger partial charge in [-0.05, 0) is 37.7 Å². The van der Waals surface area contributed by atoms with E-state index in [2.05, 4.69) is 38.7 Å². The lowest BCUT2D eigenvalue weighted by Crippen LogP contribution is -2.18. The SMILES string of the molecule is CC/C=C/CCCCCOCC1=C([Si](C)(C)C)C1. The molecule has 0 saturated heterocycles. The van der Waals surface area contributed by atoms with Gasteiger partial charge in [-0.15, -0.1) is 0 Å². The number of rotatable bonds is 10. The molecular weight excluding hydrogens is 236 g/mol. The highest BCUT2D eigenvalue weighted by atomic mass is 28.3. The zero-order valence-corrected chi connectivity index (χ0v) is 13.7. The third-order valence-corrected chi connectivity index (χ3v) is 5.78. The highest BCUT2D eigenvalue weighted by Gasteiger charge is 2.32. The van der Waals surface area contributed by atoms with Gasteiger partial charge in [0.15, 0.2) is 0 Å². The fraction of sp³-hybridized carbons (Fsp3) is 0.750. The van der Waals surface area contributed by atoms with Crippen LogP contribution in [-0.2, 0) is 4.74 Å². The van der Waals surface area contributed by atoms with Crippen LogP contribution in [0.25, 0.3) is 0 Å². The second-order valence-electron chi connectivity index (χ2n) is 6.29. The third-order valence-electron chi connectivity index (χ3n) is 3.44. The lowest BCUT2D eigenvalue weighted by Gasteiger charge is -2.09. The lowest BCUT2D eigenvalue weighted by atomic mass is 10.2. The van der Waals surface area contributed by atoms with Crippen molar-refractivity contribution in [3.8, 4) is 0 Å². The van der Waals surface area contributed by atoms with E-state index in [0.717, 1.165) is 19.6 Å².